The molecule has 0 aromatic heterocycles. The fourth-order valence-corrected chi connectivity index (χ4v) is 4.25. The zero-order chi connectivity index (χ0) is 22.4. The predicted octanol–water partition coefficient (Wildman–Crippen LogP) is 1.62. The monoisotopic (exact) mass is 447 g/mol. The number of rotatable bonds is 8. The molecule has 2 aromatic carbocycles. The van der Waals surface area contributed by atoms with Crippen LogP contribution in [0, 0.1) is 0 Å². The van der Waals surface area contributed by atoms with Gasteiger partial charge in [-0.3, -0.25) is 13.9 Å². The molecule has 0 spiro atoms. The van der Waals surface area contributed by atoms with Crippen LogP contribution in [0.4, 0.5) is 11.4 Å². The quantitative estimate of drug-likeness (QED) is 0.595. The Labute approximate surface area is 181 Å². The summed E-state index contributed by atoms with van der Waals surface area (Å²) in [6.45, 7) is 2.06. The number of nitrogens with zero attached hydrogens (tertiary/aromatic N) is 1. The van der Waals surface area contributed by atoms with Crippen LogP contribution >= 0.6 is 0 Å². The summed E-state index contributed by atoms with van der Waals surface area (Å²) in [6, 6.07) is 13.2. The lowest BCUT2D eigenvalue weighted by molar-refractivity contribution is -0.122. The molecule has 1 aliphatic heterocycles. The van der Waals surface area contributed by atoms with E-state index in [1.54, 1.807) is 55.5 Å². The molecule has 2 amide bonds. The molecular formula is C21H25N3O6S. The number of hydrogen-bond acceptors (Lipinski definition) is 6. The predicted molar refractivity (Wildman–Crippen MR) is 117 cm³/mol. The lowest BCUT2D eigenvalue weighted by Gasteiger charge is -2.34. The van der Waals surface area contributed by atoms with Crippen LogP contribution < -0.4 is 19.7 Å². The van der Waals surface area contributed by atoms with Gasteiger partial charge in [-0.25, -0.2) is 8.42 Å². The van der Waals surface area contributed by atoms with E-state index in [-0.39, 0.29) is 23.8 Å². The fourth-order valence-electron chi connectivity index (χ4n) is 3.12. The first-order valence-corrected chi connectivity index (χ1v) is 11.4. The Kier molecular flexibility index (Phi) is 7.13. The fraction of sp³-hybridized carbons (Fsp3) is 0.333. The van der Waals surface area contributed by atoms with Crippen molar-refractivity contribution >= 4 is 33.2 Å². The number of benzene rings is 2. The largest absolute Gasteiger partial charge is 0.476 e. The third-order valence-corrected chi connectivity index (χ3v) is 6.50. The van der Waals surface area contributed by atoms with Gasteiger partial charge in [-0.2, -0.15) is 0 Å². The number of anilines is 2. The molecule has 0 saturated carbocycles. The number of hydrogen-bond donors (Lipinski definition) is 2. The van der Waals surface area contributed by atoms with Crippen molar-refractivity contribution < 1.29 is 27.5 Å². The van der Waals surface area contributed by atoms with Crippen molar-refractivity contribution in [1.29, 1.82) is 0 Å². The van der Waals surface area contributed by atoms with Gasteiger partial charge in [0, 0.05) is 13.7 Å². The minimum Gasteiger partial charge on any atom is -0.476 e. The van der Waals surface area contributed by atoms with Gasteiger partial charge < -0.3 is 20.1 Å². The van der Waals surface area contributed by atoms with Crippen LogP contribution in [0.1, 0.15) is 17.3 Å². The van der Waals surface area contributed by atoms with Gasteiger partial charge in [0.25, 0.3) is 11.8 Å². The number of ether oxygens (including phenoxy) is 2. The van der Waals surface area contributed by atoms with Gasteiger partial charge in [0.1, 0.15) is 5.75 Å². The van der Waals surface area contributed by atoms with E-state index < -0.39 is 22.0 Å². The summed E-state index contributed by atoms with van der Waals surface area (Å²) in [5.41, 5.74) is 0.974. The molecular weight excluding hydrogens is 422 g/mol. The molecule has 166 valence electrons. The van der Waals surface area contributed by atoms with Crippen molar-refractivity contribution in [2.45, 2.75) is 13.0 Å². The molecule has 9 nitrogen and oxygen atoms in total. The van der Waals surface area contributed by atoms with Crippen molar-refractivity contribution in [2.75, 3.05) is 42.2 Å². The minimum atomic E-state index is -3.61. The van der Waals surface area contributed by atoms with Gasteiger partial charge in [-0.15, -0.1) is 0 Å². The van der Waals surface area contributed by atoms with Crippen LogP contribution in [-0.2, 0) is 19.6 Å². The van der Waals surface area contributed by atoms with E-state index >= 15 is 0 Å². The molecule has 2 aromatic rings. The summed E-state index contributed by atoms with van der Waals surface area (Å²) in [5, 5.41) is 5.40. The zero-order valence-corrected chi connectivity index (χ0v) is 18.1. The SMILES string of the molecule is CCS(=O)(=O)N1CC(C(=O)Nc2ccccc2C(=O)NCCOC)Oc2ccccc21. The molecule has 0 saturated heterocycles. The second-order valence-electron chi connectivity index (χ2n) is 6.79. The van der Waals surface area contributed by atoms with Gasteiger partial charge in [0.05, 0.1) is 35.8 Å². The number of fused-ring (bicyclic) bond motifs is 1. The maximum absolute atomic E-state index is 13.0. The minimum absolute atomic E-state index is 0.111. The second-order valence-corrected chi connectivity index (χ2v) is 8.97. The third-order valence-electron chi connectivity index (χ3n) is 4.75. The Morgan fingerprint density at radius 1 is 1.16 bits per heavy atom. The first kappa shape index (κ1) is 22.6. The van der Waals surface area contributed by atoms with E-state index in [9.17, 15) is 18.0 Å². The summed E-state index contributed by atoms with van der Waals surface area (Å²) >= 11 is 0. The first-order chi connectivity index (χ1) is 14.9. The standard InChI is InChI=1S/C21H25N3O6S/c1-3-31(27,28)24-14-19(30-18-11-7-6-10-17(18)24)21(26)23-16-9-5-4-8-15(16)20(25)22-12-13-29-2/h4-11,19H,3,12-14H2,1-2H3,(H,22,25)(H,23,26). The highest BCUT2D eigenvalue weighted by atomic mass is 32.2. The Hall–Kier alpha value is -3.11. The Morgan fingerprint density at radius 3 is 2.61 bits per heavy atom. The Bertz CT molecular complexity index is 1060. The molecule has 3 rings (SSSR count). The van der Waals surface area contributed by atoms with Crippen LogP contribution in [0.25, 0.3) is 0 Å². The molecule has 10 heteroatoms. The number of carbonyl (C=O) groups excluding carboxylic acids is 2. The molecule has 31 heavy (non-hydrogen) atoms. The average molecular weight is 448 g/mol. The van der Waals surface area contributed by atoms with Gasteiger partial charge in [0.2, 0.25) is 10.0 Å². The van der Waals surface area contributed by atoms with E-state index in [0.717, 1.165) is 0 Å². The average Bonchev–Trinajstić information content (AvgIpc) is 2.78. The Morgan fingerprint density at radius 2 is 1.87 bits per heavy atom. The molecule has 1 atom stereocenters. The van der Waals surface area contributed by atoms with Crippen LogP contribution in [-0.4, -0.2) is 58.9 Å². The summed E-state index contributed by atoms with van der Waals surface area (Å²) in [7, 11) is -2.08. The summed E-state index contributed by atoms with van der Waals surface area (Å²) in [4.78, 5) is 25.4. The van der Waals surface area contributed by atoms with Crippen LogP contribution in [0.3, 0.4) is 0 Å². The molecule has 0 aliphatic carbocycles. The zero-order valence-electron chi connectivity index (χ0n) is 17.3. The van der Waals surface area contributed by atoms with Crippen LogP contribution in [0.2, 0.25) is 0 Å². The lowest BCUT2D eigenvalue weighted by atomic mass is 10.1. The summed E-state index contributed by atoms with van der Waals surface area (Å²) in [5.74, 6) is -0.724. The van der Waals surface area contributed by atoms with E-state index in [2.05, 4.69) is 10.6 Å². The topological polar surface area (TPSA) is 114 Å². The first-order valence-electron chi connectivity index (χ1n) is 9.80. The van der Waals surface area contributed by atoms with Crippen molar-refractivity contribution in [3.05, 3.63) is 54.1 Å². The molecule has 1 unspecified atom stereocenters. The van der Waals surface area contributed by atoms with Gasteiger partial charge in [-0.05, 0) is 31.2 Å². The molecule has 0 fully saturated rings. The van der Waals surface area contributed by atoms with Gasteiger partial charge in [0.15, 0.2) is 6.10 Å². The third kappa shape index (κ3) is 5.15. The number of nitrogens with one attached hydrogen (secondary N) is 2. The van der Waals surface area contributed by atoms with Gasteiger partial charge in [-0.1, -0.05) is 24.3 Å². The van der Waals surface area contributed by atoms with Crippen LogP contribution in [0.5, 0.6) is 5.75 Å². The maximum Gasteiger partial charge on any atom is 0.267 e. The Balaban J connectivity index is 1.81. The van der Waals surface area contributed by atoms with Crippen molar-refractivity contribution in [3.8, 4) is 5.75 Å². The number of sulfonamides is 1. The molecule has 0 bridgehead atoms. The molecule has 2 N–H and O–H groups in total. The smallest absolute Gasteiger partial charge is 0.267 e. The molecule has 1 aliphatic rings. The van der Waals surface area contributed by atoms with Crippen molar-refractivity contribution in [1.82, 2.24) is 5.32 Å². The van der Waals surface area contributed by atoms with Crippen molar-refractivity contribution in [2.24, 2.45) is 0 Å². The number of carbonyl (C=O) groups is 2. The van der Waals surface area contributed by atoms with Crippen LogP contribution in [0.15, 0.2) is 48.5 Å². The highest BCUT2D eigenvalue weighted by Crippen LogP contribution is 2.35. The van der Waals surface area contributed by atoms with E-state index in [1.165, 1.54) is 11.4 Å². The lowest BCUT2D eigenvalue weighted by Crippen LogP contribution is -2.49. The summed E-state index contributed by atoms with van der Waals surface area (Å²) < 4.78 is 37.1. The second kappa shape index (κ2) is 9.80. The van der Waals surface area contributed by atoms with E-state index in [0.29, 0.717) is 30.3 Å². The normalized spacial score (nSPS) is 15.5. The number of methoxy groups -OCH3 is 1. The van der Waals surface area contributed by atoms with Gasteiger partial charge >= 0.3 is 0 Å². The summed E-state index contributed by atoms with van der Waals surface area (Å²) in [6.07, 6.45) is -1.08. The van der Waals surface area contributed by atoms with E-state index in [4.69, 9.17) is 9.47 Å². The number of para-hydroxylation sites is 3. The maximum atomic E-state index is 13.0. The van der Waals surface area contributed by atoms with E-state index in [1.807, 2.05) is 0 Å². The highest BCUT2D eigenvalue weighted by molar-refractivity contribution is 7.92. The molecule has 1 heterocycles. The number of amides is 2. The highest BCUT2D eigenvalue weighted by Gasteiger charge is 2.36. The molecule has 0 radical (unpaired) electrons. The van der Waals surface area contributed by atoms with Crippen molar-refractivity contribution in [3.63, 3.8) is 0 Å².